The molecule has 3 aromatic rings. The van der Waals surface area contributed by atoms with Crippen molar-refractivity contribution in [2.24, 2.45) is 0 Å². The molecule has 0 spiro atoms. The van der Waals surface area contributed by atoms with Crippen LogP contribution in [0.4, 0.5) is 4.79 Å². The van der Waals surface area contributed by atoms with E-state index in [1.807, 2.05) is 52.8 Å². The molecule has 3 aliphatic heterocycles. The minimum Gasteiger partial charge on any atom is -0.483 e. The van der Waals surface area contributed by atoms with Crippen LogP contribution in [0.15, 0.2) is 63.7 Å². The zero-order valence-electron chi connectivity index (χ0n) is 27.8. The number of rotatable bonds is 5. The first-order chi connectivity index (χ1) is 22.1. The molecule has 1 saturated heterocycles. The quantitative estimate of drug-likeness (QED) is 0.307. The number of nitrogens with zero attached hydrogens (tertiary/aromatic N) is 6. The largest absolute Gasteiger partial charge is 0.483 e. The normalized spacial score (nSPS) is 19.2. The summed E-state index contributed by atoms with van der Waals surface area (Å²) in [6.45, 7) is 10.6. The van der Waals surface area contributed by atoms with Crippen LogP contribution >= 0.6 is 0 Å². The van der Waals surface area contributed by atoms with Gasteiger partial charge in [-0.2, -0.15) is 0 Å². The summed E-state index contributed by atoms with van der Waals surface area (Å²) in [7, 11) is 3.69. The average Bonchev–Trinajstić information content (AvgIpc) is 3.25. The monoisotopic (exact) mass is 644 g/mol. The van der Waals surface area contributed by atoms with Gasteiger partial charge in [0.25, 0.3) is 0 Å². The van der Waals surface area contributed by atoms with Gasteiger partial charge in [0.05, 0.1) is 24.3 Å². The van der Waals surface area contributed by atoms with Crippen molar-refractivity contribution in [1.82, 2.24) is 28.6 Å². The Kier molecular flexibility index (Phi) is 7.78. The fourth-order valence-corrected chi connectivity index (χ4v) is 6.74. The second-order valence-electron chi connectivity index (χ2n) is 13.7. The van der Waals surface area contributed by atoms with Crippen LogP contribution in [0.25, 0.3) is 5.69 Å². The van der Waals surface area contributed by atoms with Gasteiger partial charge in [-0.1, -0.05) is 6.08 Å². The number of ether oxygens (including phenoxy) is 2. The van der Waals surface area contributed by atoms with Crippen molar-refractivity contribution in [3.05, 3.63) is 86.2 Å². The SMILES string of the molecule is CC(=O)c1ccc(-n2c(=O)n3n(c2=O)C2C(=CC3)C(C)(C)Oc3cc(OC(=O)N4CCN(C(=O)CN(C)C)CC4(C)C)ccc32)cc1. The molecule has 2 aromatic carbocycles. The zero-order chi connectivity index (χ0) is 34.0. The lowest BCUT2D eigenvalue weighted by Gasteiger charge is -2.46. The minimum atomic E-state index is -0.844. The Labute approximate surface area is 272 Å². The first-order valence-corrected chi connectivity index (χ1v) is 15.6. The summed E-state index contributed by atoms with van der Waals surface area (Å²) in [4.78, 5) is 70.6. The third-order valence-electron chi connectivity index (χ3n) is 9.09. The summed E-state index contributed by atoms with van der Waals surface area (Å²) in [5.41, 5.74) is -0.213. The fraction of sp³-hybridized carbons (Fsp3) is 0.441. The van der Waals surface area contributed by atoms with Crippen molar-refractivity contribution < 1.29 is 23.9 Å². The first kappa shape index (κ1) is 32.0. The molecule has 13 heteroatoms. The highest BCUT2D eigenvalue weighted by molar-refractivity contribution is 5.94. The predicted octanol–water partition coefficient (Wildman–Crippen LogP) is 2.69. The molecule has 6 rings (SSSR count). The van der Waals surface area contributed by atoms with Gasteiger partial charge < -0.3 is 19.3 Å². The Morgan fingerprint density at radius 1 is 0.979 bits per heavy atom. The number of amides is 2. The van der Waals surface area contributed by atoms with Gasteiger partial charge >= 0.3 is 17.5 Å². The van der Waals surface area contributed by atoms with Crippen LogP contribution in [0.5, 0.6) is 11.5 Å². The maximum absolute atomic E-state index is 14.0. The molecule has 1 atom stereocenters. The van der Waals surface area contributed by atoms with Crippen molar-refractivity contribution in [2.75, 3.05) is 40.3 Å². The Balaban J connectivity index is 1.30. The van der Waals surface area contributed by atoms with E-state index in [2.05, 4.69) is 0 Å². The lowest BCUT2D eigenvalue weighted by Crippen LogP contribution is -2.63. The standard InChI is InChI=1S/C34H40N6O7/c1-21(41)22-8-10-23(11-9-22)39-30(43)38-15-14-26-29(40(38)31(39)44)25-13-12-24(18-27(25)47-34(26,4)5)46-32(45)37-17-16-36(20-33(37,2)3)28(42)19-35(6)7/h8-14,18,29H,15-17,19-20H2,1-7H3. The number of aromatic nitrogens is 3. The summed E-state index contributed by atoms with van der Waals surface area (Å²) in [6.07, 6.45) is 1.37. The Morgan fingerprint density at radius 3 is 2.32 bits per heavy atom. The highest BCUT2D eigenvalue weighted by Crippen LogP contribution is 2.47. The van der Waals surface area contributed by atoms with Crippen molar-refractivity contribution in [2.45, 2.75) is 58.3 Å². The first-order valence-electron chi connectivity index (χ1n) is 15.6. The number of allylic oxidation sites excluding steroid dienone is 1. The average molecular weight is 645 g/mol. The van der Waals surface area contributed by atoms with E-state index in [0.29, 0.717) is 48.7 Å². The van der Waals surface area contributed by atoms with Crippen LogP contribution in [0, 0.1) is 0 Å². The van der Waals surface area contributed by atoms with Gasteiger partial charge in [0.15, 0.2) is 5.78 Å². The molecule has 13 nitrogen and oxygen atoms in total. The third-order valence-corrected chi connectivity index (χ3v) is 9.09. The highest BCUT2D eigenvalue weighted by Gasteiger charge is 2.44. The van der Waals surface area contributed by atoms with Crippen LogP contribution in [0.1, 0.15) is 56.6 Å². The van der Waals surface area contributed by atoms with Crippen molar-refractivity contribution in [3.63, 3.8) is 0 Å². The van der Waals surface area contributed by atoms with Gasteiger partial charge in [0.2, 0.25) is 5.91 Å². The second-order valence-corrected chi connectivity index (χ2v) is 13.7. The molecule has 0 bridgehead atoms. The molecule has 0 saturated carbocycles. The number of hydrogen-bond acceptors (Lipinski definition) is 8. The summed E-state index contributed by atoms with van der Waals surface area (Å²) in [5.74, 6) is 0.581. The maximum Gasteiger partial charge on any atom is 0.415 e. The second kappa shape index (κ2) is 11.4. The van der Waals surface area contributed by atoms with Gasteiger partial charge in [-0.25, -0.2) is 28.3 Å². The molecule has 0 aliphatic carbocycles. The van der Waals surface area contributed by atoms with E-state index in [9.17, 15) is 24.0 Å². The highest BCUT2D eigenvalue weighted by atomic mass is 16.6. The molecule has 4 heterocycles. The summed E-state index contributed by atoms with van der Waals surface area (Å²) >= 11 is 0. The molecule has 1 aromatic heterocycles. The molecular weight excluding hydrogens is 604 g/mol. The van der Waals surface area contributed by atoms with Gasteiger partial charge in [-0.3, -0.25) is 14.5 Å². The van der Waals surface area contributed by atoms with Gasteiger partial charge in [-0.05, 0) is 90.7 Å². The molecule has 248 valence electrons. The number of likely N-dealkylation sites (N-methyl/N-ethyl adjacent to an activating group) is 1. The van der Waals surface area contributed by atoms with Crippen molar-refractivity contribution >= 4 is 17.8 Å². The number of benzene rings is 2. The van der Waals surface area contributed by atoms with E-state index >= 15 is 0 Å². The number of hydrogen-bond donors (Lipinski definition) is 0. The summed E-state index contributed by atoms with van der Waals surface area (Å²) in [6, 6.07) is 10.8. The number of piperazine rings is 1. The smallest absolute Gasteiger partial charge is 0.415 e. The Morgan fingerprint density at radius 2 is 1.68 bits per heavy atom. The molecular formula is C34H40N6O7. The van der Waals surface area contributed by atoms with Gasteiger partial charge in [0, 0.05) is 36.8 Å². The maximum atomic E-state index is 14.0. The van der Waals surface area contributed by atoms with E-state index in [4.69, 9.17) is 9.47 Å². The molecule has 1 fully saturated rings. The molecule has 0 radical (unpaired) electrons. The summed E-state index contributed by atoms with van der Waals surface area (Å²) < 4.78 is 16.2. The van der Waals surface area contributed by atoms with Crippen LogP contribution < -0.4 is 20.9 Å². The number of ketones is 1. The van der Waals surface area contributed by atoms with E-state index in [1.165, 1.54) is 16.3 Å². The van der Waals surface area contributed by atoms with Crippen molar-refractivity contribution in [1.29, 1.82) is 0 Å². The molecule has 2 amide bonds. The fourth-order valence-electron chi connectivity index (χ4n) is 6.74. The molecule has 3 aliphatic rings. The van der Waals surface area contributed by atoms with Crippen LogP contribution in [-0.2, 0) is 11.3 Å². The zero-order valence-corrected chi connectivity index (χ0v) is 27.8. The lowest BCUT2D eigenvalue weighted by molar-refractivity contribution is -0.136. The number of Topliss-reactive ketones (excluding diaryl/α,β-unsaturated/α-hetero) is 1. The van der Waals surface area contributed by atoms with Crippen molar-refractivity contribution in [3.8, 4) is 17.2 Å². The Bertz CT molecular complexity index is 1930. The topological polar surface area (TPSA) is 128 Å². The van der Waals surface area contributed by atoms with Gasteiger partial charge in [-0.15, -0.1) is 0 Å². The van der Waals surface area contributed by atoms with E-state index in [0.717, 1.165) is 10.1 Å². The summed E-state index contributed by atoms with van der Waals surface area (Å²) in [5, 5.41) is 0. The number of carbonyl (C=O) groups is 3. The van der Waals surface area contributed by atoms with E-state index in [-0.39, 0.29) is 24.0 Å². The van der Waals surface area contributed by atoms with E-state index in [1.54, 1.807) is 52.3 Å². The minimum absolute atomic E-state index is 0.00688. The van der Waals surface area contributed by atoms with Crippen LogP contribution in [0.3, 0.4) is 0 Å². The Hall–Kier alpha value is -4.91. The molecule has 47 heavy (non-hydrogen) atoms. The third kappa shape index (κ3) is 5.58. The molecule has 1 unspecified atom stereocenters. The van der Waals surface area contributed by atoms with Gasteiger partial charge in [0.1, 0.15) is 23.1 Å². The lowest BCUT2D eigenvalue weighted by atomic mass is 9.83. The van der Waals surface area contributed by atoms with E-state index < -0.39 is 34.7 Å². The number of fused-ring (bicyclic) bond motifs is 5. The number of carbonyl (C=O) groups excluding carboxylic acids is 3. The molecule has 0 N–H and O–H groups in total. The predicted molar refractivity (Wildman–Crippen MR) is 174 cm³/mol. The van der Waals surface area contributed by atoms with Crippen LogP contribution in [0.2, 0.25) is 0 Å². The van der Waals surface area contributed by atoms with Crippen LogP contribution in [-0.4, -0.2) is 97.8 Å².